The van der Waals surface area contributed by atoms with Crippen LogP contribution in [0.15, 0.2) is 11.8 Å². The maximum absolute atomic E-state index is 11.2. The Bertz CT molecular complexity index is 196. The number of hydrogen-bond donors (Lipinski definition) is 1. The van der Waals surface area contributed by atoms with Crippen molar-refractivity contribution in [1.82, 2.24) is 0 Å². The zero-order valence-corrected chi connectivity index (χ0v) is 11.7. The smallest absolute Gasteiger partial charge is 0.161 e. The molecule has 0 spiro atoms. The van der Waals surface area contributed by atoms with Crippen LogP contribution in [0, 0.1) is 5.92 Å². The van der Waals surface area contributed by atoms with E-state index in [9.17, 15) is 9.90 Å². The molecule has 0 amide bonds. The second-order valence-electron chi connectivity index (χ2n) is 3.26. The number of ketones is 1. The number of ether oxygens (including phenoxy) is 1. The van der Waals surface area contributed by atoms with E-state index in [1.165, 1.54) is 13.2 Å². The first kappa shape index (κ1) is 16.5. The van der Waals surface area contributed by atoms with Gasteiger partial charge in [0.15, 0.2) is 5.78 Å². The Labute approximate surface area is 105 Å². The van der Waals surface area contributed by atoms with E-state index in [-0.39, 0.29) is 49.8 Å². The van der Waals surface area contributed by atoms with E-state index >= 15 is 0 Å². The molecule has 80 valence electrons. The second-order valence-corrected chi connectivity index (χ2v) is 3.26. The predicted molar refractivity (Wildman–Crippen MR) is 51.6 cm³/mol. The summed E-state index contributed by atoms with van der Waals surface area (Å²) in [6, 6.07) is 0. The summed E-state index contributed by atoms with van der Waals surface area (Å²) in [4.78, 5) is 11.2. The molecule has 1 unspecified atom stereocenters. The average Bonchev–Trinajstić information content (AvgIpc) is 2.06. The van der Waals surface area contributed by atoms with Crippen LogP contribution in [-0.2, 0) is 35.7 Å². The van der Waals surface area contributed by atoms with Crippen LogP contribution in [0.1, 0.15) is 27.2 Å². The fourth-order valence-electron chi connectivity index (χ4n) is 0.902. The summed E-state index contributed by atoms with van der Waals surface area (Å²) in [6.45, 7) is 5.47. The summed E-state index contributed by atoms with van der Waals surface area (Å²) in [7, 11) is 1.51. The summed E-state index contributed by atoms with van der Waals surface area (Å²) in [5, 5.41) is 9.44. The fraction of sp³-hybridized carbons (Fsp3) is 0.700. The van der Waals surface area contributed by atoms with Gasteiger partial charge < -0.3 is 9.84 Å². The molecule has 0 aliphatic heterocycles. The summed E-state index contributed by atoms with van der Waals surface area (Å²) in [6.07, 6.45) is 1.55. The van der Waals surface area contributed by atoms with Crippen molar-refractivity contribution in [2.45, 2.75) is 33.3 Å². The minimum absolute atomic E-state index is 0. The summed E-state index contributed by atoms with van der Waals surface area (Å²) >= 11 is 0. The van der Waals surface area contributed by atoms with Crippen molar-refractivity contribution in [1.29, 1.82) is 0 Å². The third-order valence-corrected chi connectivity index (χ3v) is 1.84. The third-order valence-electron chi connectivity index (χ3n) is 1.84. The Hall–Kier alpha value is 0.0531. The van der Waals surface area contributed by atoms with Crippen molar-refractivity contribution in [3.05, 3.63) is 11.8 Å². The molecule has 0 aromatic heterocycles. The molecule has 0 aromatic carbocycles. The largest absolute Gasteiger partial charge is 0.509 e. The van der Waals surface area contributed by atoms with Gasteiger partial charge in [0.1, 0.15) is 11.9 Å². The Kier molecular flexibility index (Phi) is 9.85. The zero-order valence-electron chi connectivity index (χ0n) is 9.20. The molecule has 0 bridgehead atoms. The minimum atomic E-state index is -0.359. The first-order valence-electron chi connectivity index (χ1n) is 4.50. The van der Waals surface area contributed by atoms with Crippen LogP contribution in [0.25, 0.3) is 0 Å². The maximum Gasteiger partial charge on any atom is 0.161 e. The molecule has 1 atom stereocenters. The molecule has 0 rings (SSSR count). The molecule has 0 radical (unpaired) electrons. The van der Waals surface area contributed by atoms with Crippen molar-refractivity contribution in [2.75, 3.05) is 7.11 Å². The van der Waals surface area contributed by atoms with E-state index in [0.29, 0.717) is 6.42 Å². The van der Waals surface area contributed by atoms with Gasteiger partial charge in [-0.2, -0.15) is 0 Å². The Morgan fingerprint density at radius 3 is 2.29 bits per heavy atom. The number of aliphatic hydroxyl groups is 1. The fourth-order valence-corrected chi connectivity index (χ4v) is 0.902. The van der Waals surface area contributed by atoms with Crippen LogP contribution in [-0.4, -0.2) is 24.1 Å². The van der Waals surface area contributed by atoms with Gasteiger partial charge in [-0.3, -0.25) is 4.79 Å². The monoisotopic (exact) mass is 276 g/mol. The van der Waals surface area contributed by atoms with Crippen LogP contribution < -0.4 is 0 Å². The number of methoxy groups -OCH3 is 1. The number of allylic oxidation sites excluding steroid dienone is 1. The van der Waals surface area contributed by atoms with Crippen molar-refractivity contribution in [3.8, 4) is 0 Å². The maximum atomic E-state index is 11.2. The van der Waals surface area contributed by atoms with Crippen molar-refractivity contribution >= 4 is 5.78 Å². The predicted octanol–water partition coefficient (Wildman–Crippen LogP) is 2.08. The van der Waals surface area contributed by atoms with E-state index in [0.717, 1.165) is 0 Å². The van der Waals surface area contributed by atoms with Crippen molar-refractivity contribution in [3.63, 3.8) is 0 Å². The molecule has 0 aliphatic carbocycles. The van der Waals surface area contributed by atoms with Crippen LogP contribution in [0.5, 0.6) is 0 Å². The van der Waals surface area contributed by atoms with Crippen LogP contribution in [0.2, 0.25) is 0 Å². The SMILES string of the molecule is CCC(OC)/C(O)=C/C(=O)C(C)C.[Zr]. The molecular weight excluding hydrogens is 259 g/mol. The van der Waals surface area contributed by atoms with Gasteiger partial charge in [-0.15, -0.1) is 0 Å². The molecule has 1 N–H and O–H groups in total. The topological polar surface area (TPSA) is 46.5 Å². The van der Waals surface area contributed by atoms with Gasteiger partial charge in [-0.25, -0.2) is 0 Å². The normalized spacial score (nSPS) is 13.6. The van der Waals surface area contributed by atoms with E-state index in [2.05, 4.69) is 0 Å². The molecule has 14 heavy (non-hydrogen) atoms. The zero-order chi connectivity index (χ0) is 10.4. The Morgan fingerprint density at radius 1 is 1.50 bits per heavy atom. The van der Waals surface area contributed by atoms with Gasteiger partial charge in [0.25, 0.3) is 0 Å². The summed E-state index contributed by atoms with van der Waals surface area (Å²) in [5.74, 6) is -0.145. The number of aliphatic hydroxyl groups excluding tert-OH is 1. The molecule has 4 heteroatoms. The molecule has 0 saturated carbocycles. The van der Waals surface area contributed by atoms with Gasteiger partial charge in [-0.05, 0) is 6.42 Å². The number of rotatable bonds is 5. The van der Waals surface area contributed by atoms with E-state index in [1.807, 2.05) is 6.92 Å². The van der Waals surface area contributed by atoms with Crippen LogP contribution in [0.4, 0.5) is 0 Å². The van der Waals surface area contributed by atoms with Gasteiger partial charge in [0.05, 0.1) is 0 Å². The van der Waals surface area contributed by atoms with Crippen molar-refractivity contribution < 1.29 is 40.8 Å². The number of carbonyl (C=O) groups excluding carboxylic acids is 1. The minimum Gasteiger partial charge on any atom is -0.509 e. The molecular formula is C10H18O3Zr. The summed E-state index contributed by atoms with van der Waals surface area (Å²) < 4.78 is 4.97. The Morgan fingerprint density at radius 2 is 2.00 bits per heavy atom. The van der Waals surface area contributed by atoms with Crippen molar-refractivity contribution in [2.24, 2.45) is 5.92 Å². The molecule has 3 nitrogen and oxygen atoms in total. The van der Waals surface area contributed by atoms with Gasteiger partial charge in [0.2, 0.25) is 0 Å². The molecule has 0 aromatic rings. The van der Waals surface area contributed by atoms with E-state index in [4.69, 9.17) is 4.74 Å². The molecule has 0 aliphatic rings. The summed E-state index contributed by atoms with van der Waals surface area (Å²) in [5.41, 5.74) is 0. The number of carbonyl (C=O) groups is 1. The quantitative estimate of drug-likeness (QED) is 0.618. The third kappa shape index (κ3) is 5.71. The molecule has 0 saturated heterocycles. The first-order valence-corrected chi connectivity index (χ1v) is 4.50. The van der Waals surface area contributed by atoms with E-state index < -0.39 is 0 Å². The second kappa shape index (κ2) is 8.37. The molecule has 0 heterocycles. The van der Waals surface area contributed by atoms with Gasteiger partial charge in [-0.1, -0.05) is 20.8 Å². The number of hydrogen-bond acceptors (Lipinski definition) is 3. The standard InChI is InChI=1S/C10H18O3.Zr/c1-5-10(13-4)9(12)6-8(11)7(2)3;/h6-7,10,12H,5H2,1-4H3;/b9-6-;. The first-order chi connectivity index (χ1) is 6.02. The molecule has 0 fully saturated rings. The Balaban J connectivity index is 0. The van der Waals surface area contributed by atoms with Gasteiger partial charge >= 0.3 is 0 Å². The van der Waals surface area contributed by atoms with Crippen LogP contribution >= 0.6 is 0 Å². The average molecular weight is 277 g/mol. The van der Waals surface area contributed by atoms with Crippen LogP contribution in [0.3, 0.4) is 0 Å². The van der Waals surface area contributed by atoms with E-state index in [1.54, 1.807) is 13.8 Å². The van der Waals surface area contributed by atoms with Gasteiger partial charge in [0, 0.05) is 45.3 Å².